The number of nitrogens with zero attached hydrogens (tertiary/aromatic N) is 3. The lowest BCUT2D eigenvalue weighted by Crippen LogP contribution is -2.41. The molecule has 2 fully saturated rings. The van der Waals surface area contributed by atoms with Gasteiger partial charge in [0.05, 0.1) is 7.11 Å². The van der Waals surface area contributed by atoms with Gasteiger partial charge < -0.3 is 24.4 Å². The van der Waals surface area contributed by atoms with Crippen LogP contribution in [0.5, 0.6) is 5.75 Å². The zero-order chi connectivity index (χ0) is 19.7. The maximum atomic E-state index is 13.2. The first-order valence-corrected chi connectivity index (χ1v) is 9.53. The predicted molar refractivity (Wildman–Crippen MR) is 103 cm³/mol. The lowest BCUT2D eigenvalue weighted by atomic mass is 10.1. The van der Waals surface area contributed by atoms with Gasteiger partial charge >= 0.3 is 0 Å². The van der Waals surface area contributed by atoms with Gasteiger partial charge in [-0.2, -0.15) is 0 Å². The topological polar surface area (TPSA) is 87.9 Å². The third-order valence-corrected chi connectivity index (χ3v) is 5.39. The molecule has 0 bridgehead atoms. The van der Waals surface area contributed by atoms with E-state index in [0.717, 1.165) is 31.5 Å². The number of rotatable bonds is 5. The molecule has 2 aliphatic heterocycles. The van der Waals surface area contributed by atoms with Crippen molar-refractivity contribution in [3.05, 3.63) is 29.8 Å². The fraction of sp³-hybridized carbons (Fsp3) is 0.450. The molecule has 1 aromatic heterocycles. The Morgan fingerprint density at radius 2 is 1.93 bits per heavy atom. The Kier molecular flexibility index (Phi) is 4.93. The number of aromatic nitrogens is 1. The normalized spacial score (nSPS) is 19.4. The van der Waals surface area contributed by atoms with E-state index >= 15 is 0 Å². The van der Waals surface area contributed by atoms with Crippen molar-refractivity contribution in [1.82, 2.24) is 15.4 Å². The molecule has 8 heteroatoms. The Morgan fingerprint density at radius 3 is 2.54 bits per heavy atom. The average molecular weight is 384 g/mol. The van der Waals surface area contributed by atoms with Crippen molar-refractivity contribution in [3.63, 3.8) is 0 Å². The Bertz CT molecular complexity index is 871. The van der Waals surface area contributed by atoms with Crippen molar-refractivity contribution in [2.24, 2.45) is 0 Å². The Balaban J connectivity index is 1.68. The number of hydrogen-bond acceptors (Lipinski definition) is 6. The van der Waals surface area contributed by atoms with Gasteiger partial charge in [-0.25, -0.2) is 0 Å². The molecule has 2 aromatic rings. The maximum absolute atomic E-state index is 13.2. The number of ether oxygens (including phenoxy) is 1. The van der Waals surface area contributed by atoms with E-state index in [0.29, 0.717) is 35.9 Å². The van der Waals surface area contributed by atoms with Crippen LogP contribution in [0.15, 0.2) is 28.8 Å². The van der Waals surface area contributed by atoms with Crippen molar-refractivity contribution in [3.8, 4) is 17.1 Å². The number of nitrogens with one attached hydrogen (secondary N) is 1. The summed E-state index contributed by atoms with van der Waals surface area (Å²) in [5.41, 5.74) is 1.12. The van der Waals surface area contributed by atoms with E-state index in [1.54, 1.807) is 19.1 Å². The number of carbonyl (C=O) groups is 2. The second kappa shape index (κ2) is 7.53. The summed E-state index contributed by atoms with van der Waals surface area (Å²) in [6.45, 7) is 2.30. The fourth-order valence-corrected chi connectivity index (χ4v) is 3.76. The molecule has 0 radical (unpaired) electrons. The highest BCUT2D eigenvalue weighted by molar-refractivity contribution is 6.06. The van der Waals surface area contributed by atoms with Gasteiger partial charge in [-0.3, -0.25) is 9.59 Å². The standard InChI is InChI=1S/C20H24N4O4/c1-23-12-9-15(20(23)26)21-19(25)16-17(13-5-7-14(27-2)8-6-13)28-22-18(16)24-10-3-4-11-24/h5-8,15H,3-4,9-12H2,1-2H3,(H,21,25). The Hall–Kier alpha value is -3.03. The molecule has 2 aliphatic rings. The summed E-state index contributed by atoms with van der Waals surface area (Å²) in [5, 5.41) is 7.09. The fourth-order valence-electron chi connectivity index (χ4n) is 3.76. The SMILES string of the molecule is COc1ccc(-c2onc(N3CCCC3)c2C(=O)NC2CCN(C)C2=O)cc1. The molecule has 0 aliphatic carbocycles. The molecule has 28 heavy (non-hydrogen) atoms. The van der Waals surface area contributed by atoms with Gasteiger partial charge in [-0.1, -0.05) is 5.16 Å². The second-order valence-corrected chi connectivity index (χ2v) is 7.21. The third kappa shape index (κ3) is 3.30. The average Bonchev–Trinajstić information content (AvgIpc) is 3.44. The minimum absolute atomic E-state index is 0.0708. The monoisotopic (exact) mass is 384 g/mol. The van der Waals surface area contributed by atoms with E-state index in [1.165, 1.54) is 0 Å². The van der Waals surface area contributed by atoms with Crippen LogP contribution in [-0.4, -0.2) is 61.7 Å². The number of anilines is 1. The highest BCUT2D eigenvalue weighted by Crippen LogP contribution is 2.34. The summed E-state index contributed by atoms with van der Waals surface area (Å²) >= 11 is 0. The van der Waals surface area contributed by atoms with Crippen molar-refractivity contribution in [1.29, 1.82) is 0 Å². The van der Waals surface area contributed by atoms with Gasteiger partial charge in [0.2, 0.25) is 5.91 Å². The van der Waals surface area contributed by atoms with Crippen molar-refractivity contribution >= 4 is 17.6 Å². The van der Waals surface area contributed by atoms with Gasteiger partial charge in [0.1, 0.15) is 17.4 Å². The first kappa shape index (κ1) is 18.3. The molecule has 1 atom stereocenters. The summed E-state index contributed by atoms with van der Waals surface area (Å²) in [7, 11) is 3.34. The Morgan fingerprint density at radius 1 is 1.21 bits per heavy atom. The third-order valence-electron chi connectivity index (χ3n) is 5.39. The molecule has 2 saturated heterocycles. The molecule has 2 amide bonds. The Labute approximate surface area is 163 Å². The van der Waals surface area contributed by atoms with Gasteiger partial charge in [-0.15, -0.1) is 0 Å². The molecule has 8 nitrogen and oxygen atoms in total. The van der Waals surface area contributed by atoms with Crippen LogP contribution in [0.25, 0.3) is 11.3 Å². The van der Waals surface area contributed by atoms with Gasteiger partial charge in [-0.05, 0) is 43.5 Å². The van der Waals surface area contributed by atoms with E-state index < -0.39 is 6.04 Å². The highest BCUT2D eigenvalue weighted by atomic mass is 16.5. The zero-order valence-corrected chi connectivity index (χ0v) is 16.1. The number of likely N-dealkylation sites (N-methyl/N-ethyl adjacent to an activating group) is 1. The minimum Gasteiger partial charge on any atom is -0.497 e. The van der Waals surface area contributed by atoms with Crippen molar-refractivity contribution < 1.29 is 18.8 Å². The lowest BCUT2D eigenvalue weighted by Gasteiger charge is -2.17. The van der Waals surface area contributed by atoms with Crippen LogP contribution in [0.2, 0.25) is 0 Å². The molecular formula is C20H24N4O4. The van der Waals surface area contributed by atoms with Gasteiger partial charge in [0, 0.05) is 32.2 Å². The van der Waals surface area contributed by atoms with E-state index in [-0.39, 0.29) is 11.8 Å². The highest BCUT2D eigenvalue weighted by Gasteiger charge is 2.34. The van der Waals surface area contributed by atoms with E-state index in [4.69, 9.17) is 9.26 Å². The summed E-state index contributed by atoms with van der Waals surface area (Å²) < 4.78 is 10.8. The van der Waals surface area contributed by atoms with Crippen LogP contribution in [0.1, 0.15) is 29.6 Å². The van der Waals surface area contributed by atoms with E-state index in [2.05, 4.69) is 15.4 Å². The summed E-state index contributed by atoms with van der Waals surface area (Å²) in [6, 6.07) is 6.77. The number of likely N-dealkylation sites (tertiary alicyclic amines) is 1. The number of amides is 2. The summed E-state index contributed by atoms with van der Waals surface area (Å²) in [6.07, 6.45) is 2.71. The molecule has 1 unspecified atom stereocenters. The number of hydrogen-bond donors (Lipinski definition) is 1. The van der Waals surface area contributed by atoms with Gasteiger partial charge in [0.25, 0.3) is 5.91 Å². The lowest BCUT2D eigenvalue weighted by molar-refractivity contribution is -0.128. The first-order valence-electron chi connectivity index (χ1n) is 9.53. The molecule has 1 aromatic carbocycles. The van der Waals surface area contributed by atoms with Crippen molar-refractivity contribution in [2.75, 3.05) is 38.7 Å². The predicted octanol–water partition coefficient (Wildman–Crippen LogP) is 1.91. The molecule has 148 valence electrons. The van der Waals surface area contributed by atoms with E-state index in [1.807, 2.05) is 24.3 Å². The quantitative estimate of drug-likeness (QED) is 0.847. The first-order chi connectivity index (χ1) is 13.6. The largest absolute Gasteiger partial charge is 0.497 e. The summed E-state index contributed by atoms with van der Waals surface area (Å²) in [5.74, 6) is 1.26. The van der Waals surface area contributed by atoms with Crippen LogP contribution in [0.3, 0.4) is 0 Å². The molecule has 1 N–H and O–H groups in total. The molecule has 4 rings (SSSR count). The molecule has 0 saturated carbocycles. The van der Waals surface area contributed by atoms with E-state index in [9.17, 15) is 9.59 Å². The van der Waals surface area contributed by atoms with Crippen LogP contribution in [0, 0.1) is 0 Å². The zero-order valence-electron chi connectivity index (χ0n) is 16.1. The van der Waals surface area contributed by atoms with Crippen LogP contribution in [-0.2, 0) is 4.79 Å². The number of carbonyl (C=O) groups excluding carboxylic acids is 2. The van der Waals surface area contributed by atoms with Crippen LogP contribution in [0.4, 0.5) is 5.82 Å². The second-order valence-electron chi connectivity index (χ2n) is 7.21. The maximum Gasteiger partial charge on any atom is 0.259 e. The number of benzene rings is 1. The molecular weight excluding hydrogens is 360 g/mol. The van der Waals surface area contributed by atoms with Crippen molar-refractivity contribution in [2.45, 2.75) is 25.3 Å². The summed E-state index contributed by atoms with van der Waals surface area (Å²) in [4.78, 5) is 29.1. The smallest absolute Gasteiger partial charge is 0.259 e. The van der Waals surface area contributed by atoms with Crippen LogP contribution < -0.4 is 15.0 Å². The van der Waals surface area contributed by atoms with Crippen LogP contribution >= 0.6 is 0 Å². The molecule has 0 spiro atoms. The minimum atomic E-state index is -0.512. The van der Waals surface area contributed by atoms with Gasteiger partial charge in [0.15, 0.2) is 11.6 Å². The molecule has 3 heterocycles. The number of methoxy groups -OCH3 is 1.